The zero-order valence-corrected chi connectivity index (χ0v) is 38.6. The van der Waals surface area contributed by atoms with Crippen molar-refractivity contribution in [1.82, 2.24) is 24.7 Å². The minimum absolute atomic E-state index is 0.0633. The van der Waals surface area contributed by atoms with Crippen LogP contribution in [0.1, 0.15) is 53.7 Å². The van der Waals surface area contributed by atoms with Crippen LogP contribution >= 0.6 is 46.1 Å². The second kappa shape index (κ2) is 22.5. The normalized spacial score (nSPS) is 13.4. The van der Waals surface area contributed by atoms with Gasteiger partial charge in [0.15, 0.2) is 6.61 Å². The van der Waals surface area contributed by atoms with Gasteiger partial charge in [0.25, 0.3) is 21.8 Å². The molecule has 5 aromatic rings. The van der Waals surface area contributed by atoms with Crippen molar-refractivity contribution in [2.24, 2.45) is 0 Å². The second-order valence-electron chi connectivity index (χ2n) is 13.3. The summed E-state index contributed by atoms with van der Waals surface area (Å²) in [5.41, 5.74) is 2.61. The highest BCUT2D eigenvalue weighted by Crippen LogP contribution is 2.37. The number of halogens is 3. The first kappa shape index (κ1) is 50.3. The number of esters is 1. The molecule has 2 aromatic carbocycles. The molecule has 3 aromatic heterocycles. The molecule has 4 heterocycles. The van der Waals surface area contributed by atoms with Gasteiger partial charge in [-0.05, 0) is 105 Å². The van der Waals surface area contributed by atoms with E-state index in [-0.39, 0.29) is 41.2 Å². The van der Waals surface area contributed by atoms with E-state index in [4.69, 9.17) is 59.2 Å². The molecule has 1 aliphatic heterocycles. The summed E-state index contributed by atoms with van der Waals surface area (Å²) < 4.78 is 40.6. The molecular formula is C41H36Cl3N7O13S2. The van der Waals surface area contributed by atoms with Crippen LogP contribution in [0.2, 0.25) is 10.0 Å². The molecule has 0 radical (unpaired) electrons. The quantitative estimate of drug-likeness (QED) is 0.0554. The molecule has 25 heteroatoms. The SMILES string of the molecule is CCOC(=O)/C(Cl)=C/c1cc(N2C(=O)C3=C(CCCC3)C2=O)ccc1Cl.COc1nc(C)nc(NC(=O)NS(=O)(=O)c2ccsc2C(=O)O)n1.O=C(O)COc1ccc(Cl)c2cccnc12. The summed E-state index contributed by atoms with van der Waals surface area (Å²) >= 11 is 18.8. The Kier molecular flexibility index (Phi) is 17.1. The Bertz CT molecular complexity index is 2880. The molecule has 1 aliphatic carbocycles. The third-order valence-electron chi connectivity index (χ3n) is 8.89. The number of aliphatic carboxylic acids is 1. The molecule has 4 N–H and O–H groups in total. The lowest BCUT2D eigenvalue weighted by molar-refractivity contribution is -0.139. The maximum Gasteiger partial charge on any atom is 0.349 e. The van der Waals surface area contributed by atoms with E-state index in [0.29, 0.717) is 56.6 Å². The predicted octanol–water partition coefficient (Wildman–Crippen LogP) is 7.04. The number of hydrogen-bond donors (Lipinski definition) is 4. The fourth-order valence-electron chi connectivity index (χ4n) is 6.09. The summed E-state index contributed by atoms with van der Waals surface area (Å²) in [4.78, 5) is 85.9. The molecule has 0 atom stereocenters. The van der Waals surface area contributed by atoms with Crippen LogP contribution in [0.15, 0.2) is 81.2 Å². The van der Waals surface area contributed by atoms with Crippen LogP contribution in [0.3, 0.4) is 0 Å². The van der Waals surface area contributed by atoms with Crippen LogP contribution in [-0.2, 0) is 33.9 Å². The molecule has 2 aliphatic rings. The van der Waals surface area contributed by atoms with Gasteiger partial charge in [0.1, 0.15) is 31.9 Å². The Hall–Kier alpha value is -6.72. The van der Waals surface area contributed by atoms with E-state index < -0.39 is 50.3 Å². The van der Waals surface area contributed by atoms with Gasteiger partial charge < -0.3 is 24.4 Å². The minimum Gasteiger partial charge on any atom is -0.480 e. The number of aryl methyl sites for hydroxylation is 1. The fourth-order valence-corrected chi connectivity index (χ4v) is 8.82. The first-order valence-electron chi connectivity index (χ1n) is 19.1. The average molecular weight is 1010 g/mol. The Morgan fingerprint density at radius 2 is 1.64 bits per heavy atom. The number of fused-ring (bicyclic) bond motifs is 1. The van der Waals surface area contributed by atoms with Gasteiger partial charge in [0.05, 0.1) is 24.4 Å². The van der Waals surface area contributed by atoms with Crippen LogP contribution in [-0.4, -0.2) is 94.6 Å². The molecule has 346 valence electrons. The van der Waals surface area contributed by atoms with Gasteiger partial charge in [-0.1, -0.05) is 34.8 Å². The maximum absolute atomic E-state index is 12.7. The number of benzene rings is 2. The third kappa shape index (κ3) is 12.5. The number of hydrogen-bond acceptors (Lipinski definition) is 16. The molecule has 0 saturated heterocycles. The first-order valence-corrected chi connectivity index (χ1v) is 22.6. The third-order valence-corrected chi connectivity index (χ3v) is 12.2. The highest BCUT2D eigenvalue weighted by atomic mass is 35.5. The largest absolute Gasteiger partial charge is 0.480 e. The van der Waals surface area contributed by atoms with Crippen LogP contribution in [0.4, 0.5) is 16.4 Å². The van der Waals surface area contributed by atoms with E-state index in [9.17, 15) is 37.2 Å². The van der Waals surface area contributed by atoms with E-state index in [1.54, 1.807) is 60.3 Å². The molecule has 0 unspecified atom stereocenters. The highest BCUT2D eigenvalue weighted by Gasteiger charge is 2.39. The van der Waals surface area contributed by atoms with Gasteiger partial charge in [-0.3, -0.25) is 19.9 Å². The summed E-state index contributed by atoms with van der Waals surface area (Å²) in [7, 11) is -3.06. The van der Waals surface area contributed by atoms with E-state index in [0.717, 1.165) is 35.6 Å². The smallest absolute Gasteiger partial charge is 0.349 e. The van der Waals surface area contributed by atoms with Crippen molar-refractivity contribution in [2.75, 3.05) is 30.5 Å². The summed E-state index contributed by atoms with van der Waals surface area (Å²) in [6.07, 6.45) is 6.05. The molecule has 20 nitrogen and oxygen atoms in total. The Balaban J connectivity index is 0.000000191. The van der Waals surface area contributed by atoms with E-state index >= 15 is 0 Å². The number of aromatic nitrogens is 4. The number of sulfonamides is 1. The van der Waals surface area contributed by atoms with Gasteiger partial charge >= 0.3 is 29.9 Å². The maximum atomic E-state index is 12.7. The molecule has 66 heavy (non-hydrogen) atoms. The number of methoxy groups -OCH3 is 1. The first-order chi connectivity index (χ1) is 31.3. The number of urea groups is 1. The van der Waals surface area contributed by atoms with E-state index in [2.05, 4.69) is 25.3 Å². The molecular weight excluding hydrogens is 969 g/mol. The average Bonchev–Trinajstić information content (AvgIpc) is 3.88. The number of amides is 4. The second-order valence-corrected chi connectivity index (χ2v) is 17.1. The monoisotopic (exact) mass is 1000 g/mol. The number of ether oxygens (including phenoxy) is 3. The van der Waals surface area contributed by atoms with Gasteiger partial charge in [-0.2, -0.15) is 15.0 Å². The lowest BCUT2D eigenvalue weighted by Crippen LogP contribution is -2.35. The van der Waals surface area contributed by atoms with Gasteiger partial charge in [-0.15, -0.1) is 11.3 Å². The van der Waals surface area contributed by atoms with E-state index in [1.807, 2.05) is 0 Å². The zero-order chi connectivity index (χ0) is 48.3. The summed E-state index contributed by atoms with van der Waals surface area (Å²) in [5.74, 6) is -3.23. The van der Waals surface area contributed by atoms with Crippen molar-refractivity contribution in [3.63, 3.8) is 0 Å². The lowest BCUT2D eigenvalue weighted by Gasteiger charge is -2.16. The molecule has 7 rings (SSSR count). The number of rotatable bonds is 12. The van der Waals surface area contributed by atoms with Crippen LogP contribution in [0.25, 0.3) is 17.0 Å². The van der Waals surface area contributed by atoms with Crippen molar-refractivity contribution in [3.8, 4) is 11.8 Å². The van der Waals surface area contributed by atoms with Crippen molar-refractivity contribution >= 4 is 121 Å². The van der Waals surface area contributed by atoms with Crippen LogP contribution in [0, 0.1) is 6.92 Å². The number of nitrogens with one attached hydrogen (secondary N) is 2. The number of carboxylic acids is 2. The summed E-state index contributed by atoms with van der Waals surface area (Å²) in [5, 5.41) is 22.4. The summed E-state index contributed by atoms with van der Waals surface area (Å²) in [6, 6.07) is 11.4. The lowest BCUT2D eigenvalue weighted by atomic mass is 9.93. The van der Waals surface area contributed by atoms with Gasteiger partial charge in [0, 0.05) is 27.8 Å². The van der Waals surface area contributed by atoms with Crippen LogP contribution in [0.5, 0.6) is 11.8 Å². The number of anilines is 2. The number of aromatic carboxylic acids is 1. The van der Waals surface area contributed by atoms with Crippen molar-refractivity contribution < 1.29 is 61.6 Å². The number of nitrogens with zero attached hydrogens (tertiary/aromatic N) is 5. The van der Waals surface area contributed by atoms with Crippen molar-refractivity contribution in [3.05, 3.63) is 103 Å². The zero-order valence-electron chi connectivity index (χ0n) is 34.7. The Morgan fingerprint density at radius 1 is 0.955 bits per heavy atom. The molecule has 0 bridgehead atoms. The fraction of sp³-hybridized carbons (Fsp3) is 0.220. The molecule has 0 fully saturated rings. The van der Waals surface area contributed by atoms with Crippen molar-refractivity contribution in [2.45, 2.75) is 44.4 Å². The topological polar surface area (TPSA) is 284 Å². The summed E-state index contributed by atoms with van der Waals surface area (Å²) in [6.45, 7) is 3.00. The standard InChI is InChI=1S/C19H17Cl2NO4.C11H8ClNO3.C11H11N5O6S2/c1-2-26-19(25)16(21)10-11-9-12(7-8-15(11)20)22-17(23)13-5-3-4-6-14(13)18(22)24;12-8-3-4-9(16-6-10(14)15)11-7(8)2-1-5-13-11;1-5-12-9(15-11(13-5)22-2)14-10(19)16-24(20,21)6-3-4-23-7(6)8(17)18/h7-10H,2-6H2,1H3;1-5H,6H2,(H,14,15);3-4H,1-2H3,(H,17,18)(H2,12,13,14,15,16,19)/b16-10-;;. The predicted molar refractivity (Wildman–Crippen MR) is 242 cm³/mol. The number of carbonyl (C=O) groups excluding carboxylic acids is 4. The minimum atomic E-state index is -4.37. The van der Waals surface area contributed by atoms with Crippen LogP contribution < -0.4 is 24.4 Å². The highest BCUT2D eigenvalue weighted by molar-refractivity contribution is 7.90. The number of thiophene rings is 1. The van der Waals surface area contributed by atoms with Gasteiger partial charge in [-0.25, -0.2) is 37.2 Å². The Labute approximate surface area is 394 Å². The molecule has 4 amide bonds. The number of pyridine rings is 1. The number of carboxylic acid groups (broad SMARTS) is 2. The van der Waals surface area contributed by atoms with E-state index in [1.165, 1.54) is 30.4 Å². The Morgan fingerprint density at radius 3 is 2.27 bits per heavy atom. The van der Waals surface area contributed by atoms with Crippen molar-refractivity contribution in [1.29, 1.82) is 0 Å². The number of imide groups is 1. The van der Waals surface area contributed by atoms with Gasteiger partial charge in [0.2, 0.25) is 5.95 Å². The number of carbonyl (C=O) groups is 6. The molecule has 0 spiro atoms. The molecule has 0 saturated carbocycles.